The van der Waals surface area contributed by atoms with Crippen LogP contribution in [-0.2, 0) is 16.0 Å². The van der Waals surface area contributed by atoms with Gasteiger partial charge in [0.1, 0.15) is 23.3 Å². The first-order valence-electron chi connectivity index (χ1n) is 9.71. The van der Waals surface area contributed by atoms with Crippen LogP contribution < -0.4 is 4.74 Å². The number of phenols is 1. The molecule has 0 saturated heterocycles. The van der Waals surface area contributed by atoms with Crippen LogP contribution in [0.2, 0.25) is 0 Å². The van der Waals surface area contributed by atoms with E-state index in [0.29, 0.717) is 11.3 Å². The first kappa shape index (κ1) is 21.6. The van der Waals surface area contributed by atoms with Crippen molar-refractivity contribution < 1.29 is 24.5 Å². The Morgan fingerprint density at radius 3 is 2.16 bits per heavy atom. The van der Waals surface area contributed by atoms with Crippen LogP contribution in [0.4, 0.5) is 0 Å². The van der Waals surface area contributed by atoms with E-state index in [9.17, 15) is 19.8 Å². The van der Waals surface area contributed by atoms with Gasteiger partial charge in [-0.1, -0.05) is 42.5 Å². The van der Waals surface area contributed by atoms with Crippen molar-refractivity contribution >= 4 is 18.0 Å². The maximum absolute atomic E-state index is 12.5. The van der Waals surface area contributed by atoms with E-state index in [1.54, 1.807) is 30.3 Å². The van der Waals surface area contributed by atoms with Crippen LogP contribution in [0, 0.1) is 0 Å². The molecule has 0 heterocycles. The van der Waals surface area contributed by atoms with Crippen molar-refractivity contribution in [2.45, 2.75) is 12.5 Å². The number of nitrogens with zero attached hydrogens (tertiary/aromatic N) is 1. The molecule has 0 aliphatic carbocycles. The van der Waals surface area contributed by atoms with Gasteiger partial charge in [-0.15, -0.1) is 0 Å². The molecular formula is C25H23NO5. The third-order valence-corrected chi connectivity index (χ3v) is 4.74. The minimum atomic E-state index is -1.10. The number of phenolic OH excluding ortho intramolecular Hbond substituents is 1. The number of carboxylic acids is 1. The zero-order chi connectivity index (χ0) is 22.2. The van der Waals surface area contributed by atoms with Crippen molar-refractivity contribution in [2.24, 2.45) is 0 Å². The SMILES string of the molecule is CN(C(=O)/C=C/c1ccc(Oc2ccccc2)cc1)[C@@H](Cc1ccc(O)cc1)C(=O)O. The van der Waals surface area contributed by atoms with Crippen LogP contribution in [0.1, 0.15) is 11.1 Å². The van der Waals surface area contributed by atoms with Crippen LogP contribution >= 0.6 is 0 Å². The lowest BCUT2D eigenvalue weighted by molar-refractivity contribution is -0.147. The highest BCUT2D eigenvalue weighted by Gasteiger charge is 2.25. The molecule has 31 heavy (non-hydrogen) atoms. The molecule has 0 unspecified atom stereocenters. The molecule has 0 fully saturated rings. The van der Waals surface area contributed by atoms with Crippen molar-refractivity contribution in [3.8, 4) is 17.2 Å². The van der Waals surface area contributed by atoms with Gasteiger partial charge in [0.2, 0.25) is 5.91 Å². The molecule has 6 heteroatoms. The van der Waals surface area contributed by atoms with Gasteiger partial charge >= 0.3 is 5.97 Å². The first-order valence-corrected chi connectivity index (χ1v) is 9.71. The molecule has 2 N–H and O–H groups in total. The largest absolute Gasteiger partial charge is 0.508 e. The number of likely N-dealkylation sites (N-methyl/N-ethyl adjacent to an activating group) is 1. The van der Waals surface area contributed by atoms with Gasteiger partial charge in [0.05, 0.1) is 0 Å². The summed E-state index contributed by atoms with van der Waals surface area (Å²) in [7, 11) is 1.46. The molecule has 3 aromatic rings. The fourth-order valence-corrected chi connectivity index (χ4v) is 2.96. The minimum absolute atomic E-state index is 0.100. The van der Waals surface area contributed by atoms with Crippen LogP contribution in [0.25, 0.3) is 6.08 Å². The molecule has 1 atom stereocenters. The summed E-state index contributed by atoms with van der Waals surface area (Å²) in [6.45, 7) is 0. The number of carbonyl (C=O) groups excluding carboxylic acids is 1. The number of carbonyl (C=O) groups is 2. The molecule has 158 valence electrons. The number of para-hydroxylation sites is 1. The summed E-state index contributed by atoms with van der Waals surface area (Å²) < 4.78 is 5.74. The Kier molecular flexibility index (Phi) is 7.06. The lowest BCUT2D eigenvalue weighted by Gasteiger charge is -2.23. The fourth-order valence-electron chi connectivity index (χ4n) is 2.96. The number of aliphatic carboxylic acids is 1. The third-order valence-electron chi connectivity index (χ3n) is 4.74. The summed E-state index contributed by atoms with van der Waals surface area (Å²) in [5, 5.41) is 18.9. The average molecular weight is 417 g/mol. The highest BCUT2D eigenvalue weighted by molar-refractivity contribution is 5.94. The second-order valence-corrected chi connectivity index (χ2v) is 6.99. The van der Waals surface area contributed by atoms with E-state index in [2.05, 4.69) is 0 Å². The Balaban J connectivity index is 1.63. The van der Waals surface area contributed by atoms with Gasteiger partial charge in [-0.3, -0.25) is 4.79 Å². The summed E-state index contributed by atoms with van der Waals surface area (Å²) in [5.41, 5.74) is 1.50. The molecule has 0 aliphatic rings. The maximum atomic E-state index is 12.5. The normalized spacial score (nSPS) is 11.8. The fraction of sp³-hybridized carbons (Fsp3) is 0.120. The predicted molar refractivity (Wildman–Crippen MR) is 118 cm³/mol. The van der Waals surface area contributed by atoms with Gasteiger partial charge in [0, 0.05) is 19.5 Å². The van der Waals surface area contributed by atoms with Gasteiger partial charge in [0.25, 0.3) is 0 Å². The Morgan fingerprint density at radius 2 is 1.55 bits per heavy atom. The third kappa shape index (κ3) is 6.21. The number of hydrogen-bond acceptors (Lipinski definition) is 4. The molecule has 6 nitrogen and oxygen atoms in total. The van der Waals surface area contributed by atoms with Gasteiger partial charge in [-0.05, 0) is 53.6 Å². The smallest absolute Gasteiger partial charge is 0.326 e. The predicted octanol–water partition coefficient (Wildman–Crippen LogP) is 4.35. The molecule has 0 saturated carbocycles. The second-order valence-electron chi connectivity index (χ2n) is 6.99. The van der Waals surface area contributed by atoms with Crippen LogP contribution in [0.3, 0.4) is 0 Å². The number of carboxylic acid groups (broad SMARTS) is 1. The average Bonchev–Trinajstić information content (AvgIpc) is 2.78. The lowest BCUT2D eigenvalue weighted by atomic mass is 10.0. The molecule has 3 aromatic carbocycles. The summed E-state index contributed by atoms with van der Waals surface area (Å²) in [4.78, 5) is 25.4. The van der Waals surface area contributed by atoms with Crippen molar-refractivity contribution in [1.29, 1.82) is 0 Å². The van der Waals surface area contributed by atoms with Crippen LogP contribution in [0.5, 0.6) is 17.2 Å². The van der Waals surface area contributed by atoms with Gasteiger partial charge < -0.3 is 19.8 Å². The number of benzene rings is 3. The highest BCUT2D eigenvalue weighted by Crippen LogP contribution is 2.21. The van der Waals surface area contributed by atoms with Crippen molar-refractivity contribution in [1.82, 2.24) is 4.90 Å². The van der Waals surface area contributed by atoms with E-state index in [1.807, 2.05) is 42.5 Å². The first-order chi connectivity index (χ1) is 14.9. The molecule has 0 bridgehead atoms. The zero-order valence-corrected chi connectivity index (χ0v) is 17.0. The Morgan fingerprint density at radius 1 is 0.935 bits per heavy atom. The van der Waals surface area contributed by atoms with Gasteiger partial charge in [0.15, 0.2) is 0 Å². The van der Waals surface area contributed by atoms with Gasteiger partial charge in [-0.25, -0.2) is 4.79 Å². The standard InChI is InChI=1S/C25H23NO5/c1-26(23(25(29)30)17-19-7-12-20(27)13-8-19)24(28)16-11-18-9-14-22(15-10-18)31-21-5-3-2-4-6-21/h2-16,23,27H,17H2,1H3,(H,29,30)/b16-11+/t23-/m0/s1. The van der Waals surface area contributed by atoms with Crippen molar-refractivity contribution in [3.63, 3.8) is 0 Å². The highest BCUT2D eigenvalue weighted by atomic mass is 16.5. The second kappa shape index (κ2) is 10.1. The van der Waals surface area contributed by atoms with Crippen molar-refractivity contribution in [2.75, 3.05) is 7.05 Å². The maximum Gasteiger partial charge on any atom is 0.326 e. The Bertz CT molecular complexity index is 1040. The van der Waals surface area contributed by atoms with E-state index in [4.69, 9.17) is 4.74 Å². The van der Waals surface area contributed by atoms with E-state index in [0.717, 1.165) is 11.3 Å². The van der Waals surface area contributed by atoms with E-state index < -0.39 is 17.9 Å². The van der Waals surface area contributed by atoms with E-state index >= 15 is 0 Å². The van der Waals surface area contributed by atoms with E-state index in [1.165, 1.54) is 30.2 Å². The molecule has 0 spiro atoms. The summed E-state index contributed by atoms with van der Waals surface area (Å²) in [5.74, 6) is -0.0127. The Labute approximate surface area is 180 Å². The van der Waals surface area contributed by atoms with Crippen LogP contribution in [0.15, 0.2) is 84.9 Å². The number of hydrogen-bond donors (Lipinski definition) is 2. The molecule has 0 aromatic heterocycles. The quantitative estimate of drug-likeness (QED) is 0.532. The Hall–Kier alpha value is -4.06. The van der Waals surface area contributed by atoms with E-state index in [-0.39, 0.29) is 12.2 Å². The molecule has 1 amide bonds. The molecule has 0 radical (unpaired) electrons. The summed E-state index contributed by atoms with van der Waals surface area (Å²) >= 11 is 0. The van der Waals surface area contributed by atoms with Gasteiger partial charge in [-0.2, -0.15) is 0 Å². The zero-order valence-electron chi connectivity index (χ0n) is 17.0. The van der Waals surface area contributed by atoms with Crippen molar-refractivity contribution in [3.05, 3.63) is 96.1 Å². The number of amides is 1. The summed E-state index contributed by atoms with van der Waals surface area (Å²) in [6.07, 6.45) is 3.11. The minimum Gasteiger partial charge on any atom is -0.508 e. The topological polar surface area (TPSA) is 87.1 Å². The monoisotopic (exact) mass is 417 g/mol. The van der Waals surface area contributed by atoms with Crippen LogP contribution in [-0.4, -0.2) is 40.1 Å². The number of aromatic hydroxyl groups is 1. The molecular weight excluding hydrogens is 394 g/mol. The number of ether oxygens (including phenoxy) is 1. The molecule has 0 aliphatic heterocycles. The number of rotatable bonds is 8. The molecule has 3 rings (SSSR count). The summed E-state index contributed by atoms with van der Waals surface area (Å²) in [6, 6.07) is 21.9. The lowest BCUT2D eigenvalue weighted by Crippen LogP contribution is -2.43.